The summed E-state index contributed by atoms with van der Waals surface area (Å²) in [4.78, 5) is 26.9. The third-order valence-electron chi connectivity index (χ3n) is 5.33. The van der Waals surface area contributed by atoms with Gasteiger partial charge in [0.1, 0.15) is 6.04 Å². The van der Waals surface area contributed by atoms with Crippen molar-refractivity contribution in [1.82, 2.24) is 10.2 Å². The SMILES string of the molecule is O=C1CCN(C2CCCC2)C(=O)C(C2CCCCC2)N1. The van der Waals surface area contributed by atoms with E-state index in [1.807, 2.05) is 4.90 Å². The first-order chi connectivity index (χ1) is 9.75. The van der Waals surface area contributed by atoms with E-state index in [-0.39, 0.29) is 17.9 Å². The van der Waals surface area contributed by atoms with Crippen LogP contribution in [-0.2, 0) is 9.59 Å². The molecule has 2 saturated carbocycles. The van der Waals surface area contributed by atoms with E-state index in [9.17, 15) is 9.59 Å². The van der Waals surface area contributed by atoms with Crippen molar-refractivity contribution in [3.8, 4) is 0 Å². The van der Waals surface area contributed by atoms with Crippen molar-refractivity contribution in [2.24, 2.45) is 5.92 Å². The molecule has 0 spiro atoms. The molecule has 1 aliphatic heterocycles. The van der Waals surface area contributed by atoms with Crippen LogP contribution in [0.5, 0.6) is 0 Å². The standard InChI is InChI=1S/C16H26N2O2/c19-14-10-11-18(13-8-4-5-9-13)16(20)15(17-14)12-6-2-1-3-7-12/h12-13,15H,1-11H2,(H,17,19). The molecule has 0 aromatic carbocycles. The van der Waals surface area contributed by atoms with E-state index in [1.165, 1.54) is 32.1 Å². The monoisotopic (exact) mass is 278 g/mol. The molecule has 112 valence electrons. The van der Waals surface area contributed by atoms with Crippen LogP contribution in [0.25, 0.3) is 0 Å². The molecule has 3 rings (SSSR count). The Morgan fingerprint density at radius 3 is 2.25 bits per heavy atom. The van der Waals surface area contributed by atoms with Gasteiger partial charge in [-0.05, 0) is 31.6 Å². The van der Waals surface area contributed by atoms with Gasteiger partial charge in [0.05, 0.1) is 0 Å². The molecule has 4 heteroatoms. The molecule has 1 heterocycles. The average Bonchev–Trinajstić information content (AvgIpc) is 2.95. The number of amides is 2. The first-order valence-corrected chi connectivity index (χ1v) is 8.35. The number of carbonyl (C=O) groups excluding carboxylic acids is 2. The number of nitrogens with zero attached hydrogens (tertiary/aromatic N) is 1. The largest absolute Gasteiger partial charge is 0.344 e. The second kappa shape index (κ2) is 6.15. The lowest BCUT2D eigenvalue weighted by molar-refractivity contribution is -0.137. The topological polar surface area (TPSA) is 49.4 Å². The van der Waals surface area contributed by atoms with Crippen LogP contribution in [0, 0.1) is 5.92 Å². The summed E-state index contributed by atoms with van der Waals surface area (Å²) in [7, 11) is 0. The summed E-state index contributed by atoms with van der Waals surface area (Å²) in [5.74, 6) is 0.631. The molecular weight excluding hydrogens is 252 g/mol. The summed E-state index contributed by atoms with van der Waals surface area (Å²) in [5.41, 5.74) is 0. The molecule has 0 aromatic heterocycles. The minimum atomic E-state index is -0.245. The van der Waals surface area contributed by atoms with Gasteiger partial charge in [0.25, 0.3) is 0 Å². The molecule has 2 aliphatic carbocycles. The Labute approximate surface area is 121 Å². The van der Waals surface area contributed by atoms with Crippen LogP contribution < -0.4 is 5.32 Å². The number of carbonyl (C=O) groups is 2. The van der Waals surface area contributed by atoms with Crippen LogP contribution in [0.4, 0.5) is 0 Å². The third-order valence-corrected chi connectivity index (χ3v) is 5.33. The normalized spacial score (nSPS) is 30.4. The van der Waals surface area contributed by atoms with E-state index in [1.54, 1.807) is 0 Å². The predicted molar refractivity (Wildman–Crippen MR) is 77.1 cm³/mol. The average molecular weight is 278 g/mol. The Balaban J connectivity index is 1.75. The maximum absolute atomic E-state index is 12.9. The van der Waals surface area contributed by atoms with Gasteiger partial charge in [-0.15, -0.1) is 0 Å². The maximum atomic E-state index is 12.9. The van der Waals surface area contributed by atoms with Crippen molar-refractivity contribution in [2.75, 3.05) is 6.54 Å². The molecule has 3 aliphatic rings. The summed E-state index contributed by atoms with van der Waals surface area (Å²) in [5, 5.41) is 3.02. The minimum Gasteiger partial charge on any atom is -0.344 e. The Morgan fingerprint density at radius 2 is 1.55 bits per heavy atom. The first-order valence-electron chi connectivity index (χ1n) is 8.35. The molecule has 1 atom stereocenters. The third kappa shape index (κ3) is 2.84. The zero-order valence-corrected chi connectivity index (χ0v) is 12.3. The van der Waals surface area contributed by atoms with Gasteiger partial charge in [0.15, 0.2) is 0 Å². The molecule has 0 bridgehead atoms. The van der Waals surface area contributed by atoms with Crippen LogP contribution >= 0.6 is 0 Å². The van der Waals surface area contributed by atoms with Gasteiger partial charge >= 0.3 is 0 Å². The lowest BCUT2D eigenvalue weighted by Gasteiger charge is -2.34. The van der Waals surface area contributed by atoms with Gasteiger partial charge in [0.2, 0.25) is 11.8 Å². The molecule has 20 heavy (non-hydrogen) atoms. The van der Waals surface area contributed by atoms with E-state index in [4.69, 9.17) is 0 Å². The lowest BCUT2D eigenvalue weighted by Crippen LogP contribution is -2.51. The summed E-state index contributed by atoms with van der Waals surface area (Å²) < 4.78 is 0. The van der Waals surface area contributed by atoms with Gasteiger partial charge in [-0.25, -0.2) is 0 Å². The fraction of sp³-hybridized carbons (Fsp3) is 0.875. The molecule has 1 saturated heterocycles. The fourth-order valence-corrected chi connectivity index (χ4v) is 4.18. The second-order valence-electron chi connectivity index (χ2n) is 6.66. The van der Waals surface area contributed by atoms with Crippen LogP contribution in [0.3, 0.4) is 0 Å². The van der Waals surface area contributed by atoms with Gasteiger partial charge in [-0.1, -0.05) is 32.1 Å². The number of nitrogens with one attached hydrogen (secondary N) is 1. The molecule has 0 aromatic rings. The Bertz CT molecular complexity index is 371. The molecule has 2 amide bonds. The molecule has 1 unspecified atom stereocenters. The van der Waals surface area contributed by atoms with Crippen molar-refractivity contribution in [1.29, 1.82) is 0 Å². The summed E-state index contributed by atoms with van der Waals surface area (Å²) in [6, 6.07) is 0.146. The van der Waals surface area contributed by atoms with Crippen LogP contribution in [0.2, 0.25) is 0 Å². The van der Waals surface area contributed by atoms with Crippen molar-refractivity contribution < 1.29 is 9.59 Å². The van der Waals surface area contributed by atoms with Crippen molar-refractivity contribution in [3.05, 3.63) is 0 Å². The van der Waals surface area contributed by atoms with E-state index in [0.717, 1.165) is 25.7 Å². The van der Waals surface area contributed by atoms with E-state index in [2.05, 4.69) is 5.32 Å². The van der Waals surface area contributed by atoms with Gasteiger partial charge in [-0.2, -0.15) is 0 Å². The Hall–Kier alpha value is -1.06. The van der Waals surface area contributed by atoms with E-state index >= 15 is 0 Å². The zero-order valence-electron chi connectivity index (χ0n) is 12.3. The summed E-state index contributed by atoms with van der Waals surface area (Å²) in [6.07, 6.45) is 11.0. The highest BCUT2D eigenvalue weighted by Gasteiger charge is 2.38. The Kier molecular flexibility index (Phi) is 4.27. The number of hydrogen-bond acceptors (Lipinski definition) is 2. The van der Waals surface area contributed by atoms with Crippen molar-refractivity contribution >= 4 is 11.8 Å². The van der Waals surface area contributed by atoms with Crippen molar-refractivity contribution in [2.45, 2.75) is 76.3 Å². The van der Waals surface area contributed by atoms with E-state index in [0.29, 0.717) is 24.9 Å². The Morgan fingerprint density at radius 1 is 0.900 bits per heavy atom. The van der Waals surface area contributed by atoms with Crippen LogP contribution in [0.1, 0.15) is 64.2 Å². The van der Waals surface area contributed by atoms with Crippen LogP contribution in [-0.4, -0.2) is 35.3 Å². The zero-order chi connectivity index (χ0) is 13.9. The highest BCUT2D eigenvalue weighted by Crippen LogP contribution is 2.31. The number of rotatable bonds is 2. The molecule has 1 N–H and O–H groups in total. The van der Waals surface area contributed by atoms with Gasteiger partial charge in [-0.3, -0.25) is 9.59 Å². The minimum absolute atomic E-state index is 0.0643. The fourth-order valence-electron chi connectivity index (χ4n) is 4.18. The second-order valence-corrected chi connectivity index (χ2v) is 6.66. The quantitative estimate of drug-likeness (QED) is 0.842. The summed E-state index contributed by atoms with van der Waals surface area (Å²) in [6.45, 7) is 0.624. The molecule has 3 fully saturated rings. The highest BCUT2D eigenvalue weighted by molar-refractivity contribution is 5.90. The van der Waals surface area contributed by atoms with E-state index < -0.39 is 0 Å². The maximum Gasteiger partial charge on any atom is 0.245 e. The summed E-state index contributed by atoms with van der Waals surface area (Å²) >= 11 is 0. The molecular formula is C16H26N2O2. The first kappa shape index (κ1) is 13.9. The highest BCUT2D eigenvalue weighted by atomic mass is 16.2. The molecule has 4 nitrogen and oxygen atoms in total. The molecule has 0 radical (unpaired) electrons. The predicted octanol–water partition coefficient (Wildman–Crippen LogP) is 2.23. The lowest BCUT2D eigenvalue weighted by atomic mass is 9.83. The number of hydrogen-bond donors (Lipinski definition) is 1. The smallest absolute Gasteiger partial charge is 0.245 e. The van der Waals surface area contributed by atoms with Crippen molar-refractivity contribution in [3.63, 3.8) is 0 Å². The van der Waals surface area contributed by atoms with Gasteiger partial charge in [0, 0.05) is 19.0 Å². The van der Waals surface area contributed by atoms with Gasteiger partial charge < -0.3 is 10.2 Å². The van der Waals surface area contributed by atoms with Crippen LogP contribution in [0.15, 0.2) is 0 Å².